The number of aromatic nitrogens is 4. The van der Waals surface area contributed by atoms with Crippen LogP contribution in [-0.2, 0) is 12.4 Å². The summed E-state index contributed by atoms with van der Waals surface area (Å²) in [5.41, 5.74) is 5.34. The van der Waals surface area contributed by atoms with Crippen LogP contribution in [0.1, 0.15) is 34.8 Å². The first-order valence-electron chi connectivity index (χ1n) is 11.6. The van der Waals surface area contributed by atoms with Crippen LogP contribution in [0.3, 0.4) is 0 Å². The standard InChI is InChI=1S/C14H16N2O2.C8H9ClO.C6H8N2O.Na.H/c1-10-8-15-16(14(17)11(10)2)9-12-4-6-13(18-3)7-5-12;1-10-8-4-2-7(6-9)3-5-8;1-4-3-7-8-6(9)5(4)2;;/h4-8H,9H2,1-3H3;2-5H,6H2,1H3;3H,1-2H3,(H,8,9);;/q;;;+1;-1. The zero-order chi connectivity index (χ0) is 27.4. The van der Waals surface area contributed by atoms with Crippen LogP contribution in [-0.4, -0.2) is 34.2 Å². The van der Waals surface area contributed by atoms with Crippen molar-refractivity contribution < 1.29 is 40.5 Å². The van der Waals surface area contributed by atoms with Crippen molar-refractivity contribution in [1.29, 1.82) is 0 Å². The van der Waals surface area contributed by atoms with Gasteiger partial charge < -0.3 is 10.9 Å². The van der Waals surface area contributed by atoms with Gasteiger partial charge in [-0.1, -0.05) is 24.3 Å². The van der Waals surface area contributed by atoms with Crippen molar-refractivity contribution in [2.45, 2.75) is 40.1 Å². The summed E-state index contributed by atoms with van der Waals surface area (Å²) in [5.74, 6) is 2.23. The van der Waals surface area contributed by atoms with Crippen LogP contribution < -0.4 is 50.1 Å². The van der Waals surface area contributed by atoms with E-state index in [4.69, 9.17) is 21.1 Å². The molecule has 0 aliphatic heterocycles. The van der Waals surface area contributed by atoms with Gasteiger partial charge in [-0.3, -0.25) is 9.59 Å². The van der Waals surface area contributed by atoms with Crippen molar-refractivity contribution >= 4 is 11.6 Å². The summed E-state index contributed by atoms with van der Waals surface area (Å²) in [7, 11) is 3.28. The number of alkyl halides is 1. The van der Waals surface area contributed by atoms with Gasteiger partial charge in [-0.05, 0) is 74.2 Å². The maximum absolute atomic E-state index is 12.0. The number of hydrogen-bond donors (Lipinski definition) is 1. The molecule has 2 aromatic carbocycles. The van der Waals surface area contributed by atoms with E-state index in [9.17, 15) is 9.59 Å². The fraction of sp³-hybridized carbons (Fsp3) is 0.286. The van der Waals surface area contributed by atoms with Crippen LogP contribution in [0.4, 0.5) is 0 Å². The van der Waals surface area contributed by atoms with Gasteiger partial charge in [0.05, 0.1) is 33.2 Å². The monoisotopic (exact) mass is 548 g/mol. The Morgan fingerprint density at radius 2 is 1.32 bits per heavy atom. The van der Waals surface area contributed by atoms with Crippen molar-refractivity contribution in [3.8, 4) is 11.5 Å². The zero-order valence-corrected chi connectivity index (χ0v) is 25.8. The van der Waals surface area contributed by atoms with Gasteiger partial charge in [0.2, 0.25) is 0 Å². The molecule has 1 N–H and O–H groups in total. The molecule has 0 aliphatic carbocycles. The van der Waals surface area contributed by atoms with Crippen LogP contribution in [0, 0.1) is 27.7 Å². The van der Waals surface area contributed by atoms with Crippen LogP contribution in [0.25, 0.3) is 0 Å². The maximum Gasteiger partial charge on any atom is 1.00 e. The minimum Gasteiger partial charge on any atom is -1.00 e. The number of aryl methyl sites for hydroxylation is 2. The van der Waals surface area contributed by atoms with Gasteiger partial charge in [0.25, 0.3) is 11.1 Å². The molecule has 0 saturated heterocycles. The summed E-state index contributed by atoms with van der Waals surface area (Å²) in [6, 6.07) is 15.3. The molecule has 0 unspecified atom stereocenters. The summed E-state index contributed by atoms with van der Waals surface area (Å²) in [6.07, 6.45) is 3.36. The Morgan fingerprint density at radius 3 is 1.76 bits per heavy atom. The third-order valence-electron chi connectivity index (χ3n) is 5.70. The van der Waals surface area contributed by atoms with Gasteiger partial charge in [-0.25, -0.2) is 9.78 Å². The summed E-state index contributed by atoms with van der Waals surface area (Å²) in [5, 5.41) is 10.1. The van der Waals surface area contributed by atoms with Crippen LogP contribution in [0.15, 0.2) is 70.5 Å². The second kappa shape index (κ2) is 16.8. The molecule has 198 valence electrons. The molecule has 4 aromatic rings. The van der Waals surface area contributed by atoms with E-state index in [0.29, 0.717) is 12.4 Å². The van der Waals surface area contributed by atoms with Crippen molar-refractivity contribution in [3.63, 3.8) is 0 Å². The molecular weight excluding hydrogens is 515 g/mol. The summed E-state index contributed by atoms with van der Waals surface area (Å²) >= 11 is 5.58. The molecule has 0 radical (unpaired) electrons. The largest absolute Gasteiger partial charge is 1.00 e. The molecule has 0 aliphatic rings. The van der Waals surface area contributed by atoms with Gasteiger partial charge in [-0.15, -0.1) is 11.6 Å². The molecule has 38 heavy (non-hydrogen) atoms. The van der Waals surface area contributed by atoms with Crippen molar-refractivity contribution in [1.82, 2.24) is 20.0 Å². The zero-order valence-electron chi connectivity index (χ0n) is 24.0. The number of rotatable bonds is 5. The Morgan fingerprint density at radius 1 is 0.816 bits per heavy atom. The second-order valence-corrected chi connectivity index (χ2v) is 8.52. The Bertz CT molecular complexity index is 1370. The fourth-order valence-electron chi connectivity index (χ4n) is 2.95. The van der Waals surface area contributed by atoms with E-state index in [1.165, 1.54) is 4.68 Å². The average Bonchev–Trinajstić information content (AvgIpc) is 2.93. The number of ether oxygens (including phenoxy) is 2. The number of H-pyrrole nitrogens is 1. The summed E-state index contributed by atoms with van der Waals surface area (Å²) in [4.78, 5) is 22.7. The molecule has 0 atom stereocenters. The van der Waals surface area contributed by atoms with Gasteiger partial charge in [-0.2, -0.15) is 10.2 Å². The molecule has 0 fully saturated rings. The predicted octanol–water partition coefficient (Wildman–Crippen LogP) is 1.85. The van der Waals surface area contributed by atoms with Crippen molar-refractivity contribution in [3.05, 3.63) is 115 Å². The maximum atomic E-state index is 12.0. The van der Waals surface area contributed by atoms with E-state index in [-0.39, 0.29) is 42.1 Å². The molecule has 4 rings (SSSR count). The Labute approximate surface area is 251 Å². The molecule has 2 heterocycles. The first-order chi connectivity index (χ1) is 17.7. The smallest absolute Gasteiger partial charge is 1.00 e. The first kappa shape index (κ1) is 33.1. The van der Waals surface area contributed by atoms with E-state index in [0.717, 1.165) is 44.9 Å². The molecule has 0 spiro atoms. The van der Waals surface area contributed by atoms with Gasteiger partial charge >= 0.3 is 29.6 Å². The van der Waals surface area contributed by atoms with Crippen molar-refractivity contribution in [2.75, 3.05) is 14.2 Å². The van der Waals surface area contributed by atoms with Crippen LogP contribution in [0.5, 0.6) is 11.5 Å². The SMILES string of the molecule is COc1ccc(CCl)cc1.COc1ccc(Cn2ncc(C)c(C)c2=O)cc1.Cc1cn[nH]c(=O)c1C.[H-].[Na+]. The Balaban J connectivity index is 0.000000589. The van der Waals surface area contributed by atoms with Crippen molar-refractivity contribution in [2.24, 2.45) is 0 Å². The Hall–Kier alpha value is -2.91. The molecule has 0 saturated carbocycles. The van der Waals surface area contributed by atoms with E-state index in [1.807, 2.05) is 69.3 Å². The van der Waals surface area contributed by atoms with E-state index in [1.54, 1.807) is 33.5 Å². The molecule has 0 amide bonds. The van der Waals surface area contributed by atoms with E-state index < -0.39 is 0 Å². The quantitative estimate of drug-likeness (QED) is 0.302. The Kier molecular flexibility index (Phi) is 14.7. The number of nitrogens with one attached hydrogen (secondary N) is 1. The predicted molar refractivity (Wildman–Crippen MR) is 148 cm³/mol. The molecule has 2 aromatic heterocycles. The molecular formula is C28H34ClN4NaO4. The first-order valence-corrected chi connectivity index (χ1v) is 12.1. The third-order valence-corrected chi connectivity index (χ3v) is 6.01. The minimum absolute atomic E-state index is 0. The number of halogens is 1. The number of benzene rings is 2. The van der Waals surface area contributed by atoms with Gasteiger partial charge in [0, 0.05) is 17.0 Å². The van der Waals surface area contributed by atoms with Crippen LogP contribution >= 0.6 is 11.6 Å². The topological polar surface area (TPSA) is 99.1 Å². The van der Waals surface area contributed by atoms with E-state index >= 15 is 0 Å². The fourth-order valence-corrected chi connectivity index (χ4v) is 3.12. The number of aromatic amines is 1. The molecule has 0 bridgehead atoms. The number of nitrogens with zero attached hydrogens (tertiary/aromatic N) is 3. The minimum atomic E-state index is -0.102. The average molecular weight is 549 g/mol. The number of methoxy groups -OCH3 is 2. The van der Waals surface area contributed by atoms with Crippen LogP contribution in [0.2, 0.25) is 0 Å². The number of hydrogen-bond acceptors (Lipinski definition) is 6. The molecule has 8 nitrogen and oxygen atoms in total. The van der Waals surface area contributed by atoms with Gasteiger partial charge in [0.15, 0.2) is 0 Å². The summed E-state index contributed by atoms with van der Waals surface area (Å²) < 4.78 is 11.5. The third kappa shape index (κ3) is 10.1. The molecule has 10 heteroatoms. The second-order valence-electron chi connectivity index (χ2n) is 8.25. The normalized spacial score (nSPS) is 9.66. The van der Waals surface area contributed by atoms with Gasteiger partial charge in [0.1, 0.15) is 11.5 Å². The van der Waals surface area contributed by atoms with E-state index in [2.05, 4.69) is 15.3 Å². The summed E-state index contributed by atoms with van der Waals surface area (Å²) in [6.45, 7) is 7.82.